The van der Waals surface area contributed by atoms with Gasteiger partial charge in [0.1, 0.15) is 13.2 Å². The van der Waals surface area contributed by atoms with Gasteiger partial charge in [-0.1, -0.05) is 20.8 Å². The van der Waals surface area contributed by atoms with E-state index in [9.17, 15) is 14.4 Å². The van der Waals surface area contributed by atoms with Crippen LogP contribution in [0.1, 0.15) is 27.2 Å². The van der Waals surface area contributed by atoms with E-state index < -0.39 is 6.09 Å². The average Bonchev–Trinajstić information content (AvgIpc) is 2.24. The van der Waals surface area contributed by atoms with Crippen molar-refractivity contribution in [2.24, 2.45) is 5.41 Å². The number of morpholine rings is 1. The number of hydrogen-bond donors (Lipinski definition) is 2. The molecular formula is C12H20N2O5. The summed E-state index contributed by atoms with van der Waals surface area (Å²) in [7, 11) is 0. The van der Waals surface area contributed by atoms with Crippen LogP contribution in [0.3, 0.4) is 0 Å². The topological polar surface area (TPSA) is 95.9 Å². The minimum absolute atomic E-state index is 0.106. The summed E-state index contributed by atoms with van der Waals surface area (Å²) in [6.07, 6.45) is -0.736. The van der Waals surface area contributed by atoms with Gasteiger partial charge in [-0.2, -0.15) is 0 Å². The molecule has 0 bridgehead atoms. The third-order valence-electron chi connectivity index (χ3n) is 2.99. The summed E-state index contributed by atoms with van der Waals surface area (Å²) < 4.78 is 4.88. The Hall–Kier alpha value is -1.63. The van der Waals surface area contributed by atoms with Crippen LogP contribution in [-0.4, -0.2) is 53.7 Å². The van der Waals surface area contributed by atoms with Crippen LogP contribution in [0.5, 0.6) is 0 Å². The number of nitrogens with one attached hydrogen (secondary N) is 1. The van der Waals surface area contributed by atoms with Crippen molar-refractivity contribution in [3.63, 3.8) is 0 Å². The van der Waals surface area contributed by atoms with Gasteiger partial charge in [0.2, 0.25) is 0 Å². The highest BCUT2D eigenvalue weighted by Crippen LogP contribution is 2.28. The molecule has 108 valence electrons. The van der Waals surface area contributed by atoms with Crippen molar-refractivity contribution in [1.82, 2.24) is 10.2 Å². The molecule has 0 saturated carbocycles. The lowest BCUT2D eigenvalue weighted by Crippen LogP contribution is -2.56. The van der Waals surface area contributed by atoms with Crippen LogP contribution in [0.15, 0.2) is 0 Å². The van der Waals surface area contributed by atoms with Gasteiger partial charge in [-0.15, -0.1) is 0 Å². The van der Waals surface area contributed by atoms with Crippen molar-refractivity contribution >= 4 is 17.9 Å². The first-order valence-corrected chi connectivity index (χ1v) is 6.13. The SMILES string of the molecule is CC(C)(C)C(CCNC(=O)O)N1C(=O)COCC1=O. The third kappa shape index (κ3) is 4.20. The maximum atomic E-state index is 11.8. The van der Waals surface area contributed by atoms with E-state index in [1.54, 1.807) is 0 Å². The van der Waals surface area contributed by atoms with Gasteiger partial charge < -0.3 is 15.2 Å². The summed E-state index contributed by atoms with van der Waals surface area (Å²) in [6, 6.07) is -0.358. The van der Waals surface area contributed by atoms with E-state index in [1.807, 2.05) is 20.8 Å². The normalized spacial score (nSPS) is 18.4. The fourth-order valence-electron chi connectivity index (χ4n) is 2.12. The van der Waals surface area contributed by atoms with Crippen molar-refractivity contribution < 1.29 is 24.2 Å². The molecule has 7 heteroatoms. The van der Waals surface area contributed by atoms with Gasteiger partial charge in [0.05, 0.1) is 0 Å². The van der Waals surface area contributed by atoms with Gasteiger partial charge in [-0.25, -0.2) is 4.79 Å². The summed E-state index contributed by atoms with van der Waals surface area (Å²) in [5.41, 5.74) is -0.331. The first-order chi connectivity index (χ1) is 8.73. The molecule has 1 aliphatic rings. The van der Waals surface area contributed by atoms with E-state index >= 15 is 0 Å². The molecule has 19 heavy (non-hydrogen) atoms. The van der Waals surface area contributed by atoms with Crippen molar-refractivity contribution in [3.8, 4) is 0 Å². The average molecular weight is 272 g/mol. The van der Waals surface area contributed by atoms with Gasteiger partial charge in [0, 0.05) is 12.6 Å². The van der Waals surface area contributed by atoms with Crippen LogP contribution < -0.4 is 5.32 Å². The fraction of sp³-hybridized carbons (Fsp3) is 0.750. The summed E-state index contributed by atoms with van der Waals surface area (Å²) >= 11 is 0. The summed E-state index contributed by atoms with van der Waals surface area (Å²) in [5.74, 6) is -0.738. The highest BCUT2D eigenvalue weighted by molar-refractivity contribution is 5.98. The number of rotatable bonds is 4. The second-order valence-corrected chi connectivity index (χ2v) is 5.55. The molecule has 0 aromatic carbocycles. The van der Waals surface area contributed by atoms with Crippen LogP contribution >= 0.6 is 0 Å². The molecule has 1 atom stereocenters. The molecule has 0 radical (unpaired) electrons. The first-order valence-electron chi connectivity index (χ1n) is 6.13. The van der Waals surface area contributed by atoms with E-state index in [2.05, 4.69) is 5.32 Å². The zero-order chi connectivity index (χ0) is 14.6. The molecule has 2 N–H and O–H groups in total. The Kier molecular flexibility index (Phi) is 4.88. The molecule has 1 fully saturated rings. The maximum Gasteiger partial charge on any atom is 0.404 e. The van der Waals surface area contributed by atoms with Crippen LogP contribution in [0.4, 0.5) is 4.79 Å². The smallest absolute Gasteiger partial charge is 0.404 e. The summed E-state index contributed by atoms with van der Waals surface area (Å²) in [4.78, 5) is 35.3. The molecule has 0 aromatic heterocycles. The minimum atomic E-state index is -1.12. The number of ether oxygens (including phenoxy) is 1. The highest BCUT2D eigenvalue weighted by Gasteiger charge is 2.39. The Morgan fingerprint density at radius 3 is 2.32 bits per heavy atom. The Morgan fingerprint density at radius 2 is 1.89 bits per heavy atom. The maximum absolute atomic E-state index is 11.8. The summed E-state index contributed by atoms with van der Waals surface area (Å²) in [6.45, 7) is 5.71. The lowest BCUT2D eigenvalue weighted by Gasteiger charge is -2.40. The Bertz CT molecular complexity index is 359. The van der Waals surface area contributed by atoms with Gasteiger partial charge in [-0.05, 0) is 11.8 Å². The van der Waals surface area contributed by atoms with Gasteiger partial charge in [0.25, 0.3) is 11.8 Å². The number of hydrogen-bond acceptors (Lipinski definition) is 4. The highest BCUT2D eigenvalue weighted by atomic mass is 16.5. The van der Waals surface area contributed by atoms with Crippen molar-refractivity contribution in [3.05, 3.63) is 0 Å². The number of carbonyl (C=O) groups is 3. The third-order valence-corrected chi connectivity index (χ3v) is 2.99. The lowest BCUT2D eigenvalue weighted by molar-refractivity contribution is -0.164. The number of nitrogens with zero attached hydrogens (tertiary/aromatic N) is 1. The number of carboxylic acid groups (broad SMARTS) is 1. The quantitative estimate of drug-likeness (QED) is 0.724. The Balaban J connectivity index is 2.80. The van der Waals surface area contributed by atoms with E-state index in [0.717, 1.165) is 0 Å². The molecule has 0 aliphatic carbocycles. The van der Waals surface area contributed by atoms with Gasteiger partial charge in [-0.3, -0.25) is 14.5 Å². The zero-order valence-corrected chi connectivity index (χ0v) is 11.4. The van der Waals surface area contributed by atoms with Crippen molar-refractivity contribution in [1.29, 1.82) is 0 Å². The molecule has 1 unspecified atom stereocenters. The number of imide groups is 1. The first kappa shape index (κ1) is 15.4. The van der Waals surface area contributed by atoms with Crippen LogP contribution in [0.2, 0.25) is 0 Å². The molecular weight excluding hydrogens is 252 g/mol. The predicted octanol–water partition coefficient (Wildman–Crippen LogP) is 0.444. The van der Waals surface area contributed by atoms with E-state index in [1.165, 1.54) is 4.90 Å². The standard InChI is InChI=1S/C12H20N2O5/c1-12(2,3)8(4-5-13-11(17)18)14-9(15)6-19-7-10(14)16/h8,13H,4-7H2,1-3H3,(H,17,18). The van der Waals surface area contributed by atoms with Gasteiger partial charge >= 0.3 is 6.09 Å². The van der Waals surface area contributed by atoms with E-state index in [0.29, 0.717) is 6.42 Å². The molecule has 0 aromatic rings. The van der Waals surface area contributed by atoms with Crippen LogP contribution in [-0.2, 0) is 14.3 Å². The van der Waals surface area contributed by atoms with Gasteiger partial charge in [0.15, 0.2) is 0 Å². The number of amides is 3. The largest absolute Gasteiger partial charge is 0.465 e. The summed E-state index contributed by atoms with van der Waals surface area (Å²) in [5, 5.41) is 10.8. The van der Waals surface area contributed by atoms with E-state index in [-0.39, 0.29) is 43.0 Å². The molecule has 7 nitrogen and oxygen atoms in total. The lowest BCUT2D eigenvalue weighted by atomic mass is 9.83. The molecule has 1 rings (SSSR count). The predicted molar refractivity (Wildman–Crippen MR) is 66.6 cm³/mol. The Morgan fingerprint density at radius 1 is 1.37 bits per heavy atom. The number of carbonyl (C=O) groups excluding carboxylic acids is 2. The molecule has 3 amide bonds. The fourth-order valence-corrected chi connectivity index (χ4v) is 2.12. The second-order valence-electron chi connectivity index (χ2n) is 5.55. The minimum Gasteiger partial charge on any atom is -0.465 e. The van der Waals surface area contributed by atoms with Crippen molar-refractivity contribution in [2.75, 3.05) is 19.8 Å². The van der Waals surface area contributed by atoms with E-state index in [4.69, 9.17) is 9.84 Å². The van der Waals surface area contributed by atoms with Crippen molar-refractivity contribution in [2.45, 2.75) is 33.2 Å². The zero-order valence-electron chi connectivity index (χ0n) is 11.4. The van der Waals surface area contributed by atoms with Crippen LogP contribution in [0, 0.1) is 5.41 Å². The second kappa shape index (κ2) is 6.01. The molecule has 0 spiro atoms. The Labute approximate surface area is 111 Å². The molecule has 1 saturated heterocycles. The monoisotopic (exact) mass is 272 g/mol. The molecule has 1 aliphatic heterocycles. The van der Waals surface area contributed by atoms with Crippen LogP contribution in [0.25, 0.3) is 0 Å². The molecule has 1 heterocycles.